The van der Waals surface area contributed by atoms with Crippen LogP contribution in [0.4, 0.5) is 0 Å². The quantitative estimate of drug-likeness (QED) is 0.109. The van der Waals surface area contributed by atoms with Crippen LogP contribution in [-0.2, 0) is 13.7 Å². The van der Waals surface area contributed by atoms with Gasteiger partial charge in [-0.2, -0.15) is 0 Å². The molecule has 0 unspecified atom stereocenters. The Bertz CT molecular complexity index is 920. The first-order valence-corrected chi connectivity index (χ1v) is 21.1. The number of hydrogen-bond donors (Lipinski definition) is 0. The molecule has 0 saturated carbocycles. The Morgan fingerprint density at radius 2 is 0.674 bits per heavy atom. The zero-order valence-electron chi connectivity index (χ0n) is 28.8. The van der Waals surface area contributed by atoms with Gasteiger partial charge in [-0.25, -0.2) is 0 Å². The van der Waals surface area contributed by atoms with Crippen molar-refractivity contribution in [2.45, 2.75) is 156 Å². The van der Waals surface area contributed by atoms with Crippen molar-refractivity contribution >= 4 is 29.2 Å². The first-order chi connectivity index (χ1) is 18.4. The fourth-order valence-electron chi connectivity index (χ4n) is 3.65. The van der Waals surface area contributed by atoms with Gasteiger partial charge in [0.2, 0.25) is 0 Å². The molecule has 43 heavy (non-hydrogen) atoms. The minimum atomic E-state index is -2.73. The van der Waals surface area contributed by atoms with Crippen molar-refractivity contribution < 1.29 is 70.5 Å². The molecule has 0 heterocycles. The summed E-state index contributed by atoms with van der Waals surface area (Å²) in [6.45, 7) is 30.6. The molecule has 0 rings (SSSR count). The molecule has 0 aromatic carbocycles. The number of hydrogen-bond acceptors (Lipinski definition) is 10. The summed E-state index contributed by atoms with van der Waals surface area (Å²) in [5.74, 6) is 0. The summed E-state index contributed by atoms with van der Waals surface area (Å²) < 4.78 is 43.1. The zero-order chi connectivity index (χ0) is 35.2. The van der Waals surface area contributed by atoms with E-state index in [0.717, 1.165) is 0 Å². The van der Waals surface area contributed by atoms with Crippen molar-refractivity contribution in [1.82, 2.24) is 0 Å². The summed E-state index contributed by atoms with van der Waals surface area (Å²) >= 11 is 0. The second-order valence-electron chi connectivity index (χ2n) is 12.1. The first kappa shape index (κ1) is 53.1. The molecule has 0 aromatic rings. The van der Waals surface area contributed by atoms with Crippen LogP contribution in [0.2, 0.25) is 0 Å². The molecule has 256 valence electrons. The van der Waals surface area contributed by atoms with E-state index in [1.165, 1.54) is 0 Å². The molecule has 0 spiro atoms. The van der Waals surface area contributed by atoms with Crippen LogP contribution in [0.15, 0.2) is 4.52 Å². The molecule has 0 aliphatic rings. The minimum Gasteiger partial charge on any atom is -0.815 e. The fourth-order valence-corrected chi connectivity index (χ4v) is 18.5. The van der Waals surface area contributed by atoms with Crippen LogP contribution in [0.5, 0.6) is 0 Å². The van der Waals surface area contributed by atoms with Gasteiger partial charge in [0.25, 0.3) is 0 Å². The maximum absolute atomic E-state index is 12.9. The summed E-state index contributed by atoms with van der Waals surface area (Å²) in [6.07, 6.45) is 0. The van der Waals surface area contributed by atoms with E-state index in [1.54, 1.807) is 0 Å². The Labute approximate surface area is 293 Å². The van der Waals surface area contributed by atoms with Crippen LogP contribution in [0.3, 0.4) is 0 Å². The topological polar surface area (TPSA) is 233 Å². The average Bonchev–Trinajstić information content (AvgIpc) is 2.77. The van der Waals surface area contributed by atoms with Crippen LogP contribution >= 0.6 is 29.2 Å². The first-order valence-electron chi connectivity index (χ1n) is 13.9. The van der Waals surface area contributed by atoms with E-state index in [2.05, 4.69) is 9.37 Å². The minimum absolute atomic E-state index is 0. The van der Waals surface area contributed by atoms with E-state index in [1.807, 2.05) is 111 Å². The molecule has 0 aromatic heterocycles. The van der Waals surface area contributed by atoms with Gasteiger partial charge >= 0.3 is 41.7 Å². The maximum Gasteiger partial charge on any atom is 4.00 e. The Hall–Kier alpha value is 0.617. The van der Waals surface area contributed by atoms with Crippen molar-refractivity contribution in [3.63, 3.8) is 0 Å². The van der Waals surface area contributed by atoms with Gasteiger partial charge in [-0.05, 0) is 34.0 Å². The van der Waals surface area contributed by atoms with Crippen molar-refractivity contribution in [1.29, 1.82) is 0 Å². The van der Waals surface area contributed by atoms with E-state index < -0.39 is 39.3 Å². The summed E-state index contributed by atoms with van der Waals surface area (Å²) in [4.78, 5) is 33.8. The Morgan fingerprint density at radius 1 is 0.488 bits per heavy atom. The molecule has 0 bridgehead atoms. The van der Waals surface area contributed by atoms with E-state index in [0.29, 0.717) is 0 Å². The molecule has 0 atom stereocenters. The van der Waals surface area contributed by atoms with E-state index in [9.17, 15) is 18.6 Å². The largest absolute Gasteiger partial charge is 4.00 e. The van der Waals surface area contributed by atoms with E-state index in [-0.39, 0.29) is 87.0 Å². The second-order valence-corrected chi connectivity index (χ2v) is 27.1. The van der Waals surface area contributed by atoms with Gasteiger partial charge in [-0.3, -0.25) is 9.08 Å². The van der Waals surface area contributed by atoms with Gasteiger partial charge in [0, 0.05) is 25.9 Å². The second kappa shape index (κ2) is 23.0. The number of nitrogens with zero attached hydrogens (tertiary/aromatic N) is 4. The van der Waals surface area contributed by atoms with Crippen molar-refractivity contribution in [2.24, 2.45) is 4.52 Å². The summed E-state index contributed by atoms with van der Waals surface area (Å²) in [6, 6.07) is 0. The molecule has 0 N–H and O–H groups in total. The van der Waals surface area contributed by atoms with Gasteiger partial charge in [-0.1, -0.05) is 118 Å². The predicted octanol–water partition coefficient (Wildman–Crippen LogP) is 9.45. The molecule has 0 radical (unpaired) electrons. The van der Waals surface area contributed by atoms with E-state index >= 15 is 0 Å². The maximum atomic E-state index is 12.9. The Kier molecular flexibility index (Phi) is 28.4. The summed E-state index contributed by atoms with van der Waals surface area (Å²) in [7, 11) is -10.9. The molecule has 0 aliphatic heterocycles. The SMILES string of the molecule is CC(C)P(=O)(N=P([O-])(C(C)C)C(C)C)C(C)C.CC(C)P(=O)([N-]P(=O)(C(C)C)C(C)C)C(C)C.O=[N+]([O-])[O-].O=[N+]([O-])[O-].[Ce+4]. The smallest absolute Gasteiger partial charge is 0.815 e. The molecule has 0 saturated heterocycles. The third-order valence-corrected chi connectivity index (χ3v) is 22.8. The molecular weight excluding hydrogens is 768 g/mol. The molecule has 0 fully saturated rings. The molecule has 0 amide bonds. The van der Waals surface area contributed by atoms with Gasteiger partial charge in [0.05, 0.1) is 10.2 Å². The zero-order valence-corrected chi connectivity index (χ0v) is 35.5. The standard InChI is InChI=1S/2C12H28NO2P2.Ce.2NO3/c2*1-9(2)16(14,10(3)4)13-17(15,11(5)6)12(7)8;;2*2-1(3)4/h2*9-12H,1-8H3;;;/q2*-1;+4;2*-1. The van der Waals surface area contributed by atoms with Gasteiger partial charge < -0.3 is 49.5 Å². The van der Waals surface area contributed by atoms with Crippen LogP contribution < -0.4 is 4.89 Å². The van der Waals surface area contributed by atoms with Gasteiger partial charge in [0.15, 0.2) is 7.29 Å². The Morgan fingerprint density at radius 3 is 0.791 bits per heavy atom. The fraction of sp³-hybridized carbons (Fsp3) is 1.00. The predicted molar refractivity (Wildman–Crippen MR) is 177 cm³/mol. The third kappa shape index (κ3) is 19.1. The van der Waals surface area contributed by atoms with Crippen LogP contribution in [-0.4, -0.2) is 55.4 Å². The summed E-state index contributed by atoms with van der Waals surface area (Å²) in [5.41, 5.74) is -0.272. The Balaban J connectivity index is -0.000000175. The van der Waals surface area contributed by atoms with Crippen LogP contribution in [0, 0.1) is 72.4 Å². The molecule has 19 heteroatoms. The molecule has 0 aliphatic carbocycles. The van der Waals surface area contributed by atoms with Crippen LogP contribution in [0.1, 0.15) is 111 Å². The normalized spacial score (nSPS) is 12.4. The molecular formula is C24H56CeN4O10P4. The van der Waals surface area contributed by atoms with Crippen molar-refractivity contribution in [3.8, 4) is 0 Å². The van der Waals surface area contributed by atoms with Crippen molar-refractivity contribution in [2.75, 3.05) is 0 Å². The average molecular weight is 825 g/mol. The monoisotopic (exact) mass is 824 g/mol. The summed E-state index contributed by atoms with van der Waals surface area (Å²) in [5, 5.41) is 29.5. The third-order valence-electron chi connectivity index (χ3n) is 6.48. The molecule has 14 nitrogen and oxygen atoms in total. The number of rotatable bonds is 11. The van der Waals surface area contributed by atoms with Crippen molar-refractivity contribution in [3.05, 3.63) is 35.5 Å². The van der Waals surface area contributed by atoms with Gasteiger partial charge in [-0.15, -0.1) is 0 Å². The van der Waals surface area contributed by atoms with Gasteiger partial charge in [0.1, 0.15) is 0 Å². The van der Waals surface area contributed by atoms with E-state index in [4.69, 9.17) is 30.6 Å². The van der Waals surface area contributed by atoms with Crippen LogP contribution in [0.25, 0.3) is 4.86 Å².